The van der Waals surface area contributed by atoms with Crippen LogP contribution in [0.2, 0.25) is 0 Å². The number of aryl methyl sites for hydroxylation is 2. The average Bonchev–Trinajstić information content (AvgIpc) is 2.86. The molecule has 1 amide bonds. The van der Waals surface area contributed by atoms with Crippen molar-refractivity contribution in [3.63, 3.8) is 0 Å². The second kappa shape index (κ2) is 6.42. The van der Waals surface area contributed by atoms with Crippen molar-refractivity contribution in [1.29, 1.82) is 0 Å². The number of allylic oxidation sites excluding steroid dienone is 1. The Morgan fingerprint density at radius 1 is 1.39 bits per heavy atom. The molecule has 0 saturated carbocycles. The number of nitrogens with zero attached hydrogens (tertiary/aromatic N) is 2. The first-order valence-electron chi connectivity index (χ1n) is 7.35. The molecule has 0 unspecified atom stereocenters. The van der Waals surface area contributed by atoms with E-state index in [2.05, 4.69) is 37.6 Å². The molecule has 120 valence electrons. The van der Waals surface area contributed by atoms with Crippen molar-refractivity contribution in [2.75, 3.05) is 13.2 Å². The maximum Gasteiger partial charge on any atom is 0.317 e. The van der Waals surface area contributed by atoms with Gasteiger partial charge in [0.15, 0.2) is 4.80 Å². The van der Waals surface area contributed by atoms with Crippen molar-refractivity contribution in [2.24, 2.45) is 4.99 Å². The van der Waals surface area contributed by atoms with Gasteiger partial charge in [0.05, 0.1) is 10.2 Å². The number of fused-ring (bicyclic) bond motifs is 1. The van der Waals surface area contributed by atoms with E-state index in [0.29, 0.717) is 24.6 Å². The maximum absolute atomic E-state index is 12.3. The first-order chi connectivity index (χ1) is 11.1. The van der Waals surface area contributed by atoms with E-state index in [4.69, 9.17) is 9.47 Å². The summed E-state index contributed by atoms with van der Waals surface area (Å²) in [6.07, 6.45) is 3.12. The number of thiazole rings is 1. The summed E-state index contributed by atoms with van der Waals surface area (Å²) >= 11 is 1.48. The second-order valence-corrected chi connectivity index (χ2v) is 6.32. The van der Waals surface area contributed by atoms with Gasteiger partial charge in [-0.05, 0) is 37.1 Å². The lowest BCUT2D eigenvalue weighted by atomic mass is 10.1. The van der Waals surface area contributed by atoms with Crippen molar-refractivity contribution < 1.29 is 14.3 Å². The van der Waals surface area contributed by atoms with Gasteiger partial charge in [-0.1, -0.05) is 17.4 Å². The second-order valence-electron chi connectivity index (χ2n) is 5.31. The highest BCUT2D eigenvalue weighted by Gasteiger charge is 2.15. The fourth-order valence-electron chi connectivity index (χ4n) is 2.33. The molecule has 0 N–H and O–H groups in total. The SMILES string of the molecule is C=CCn1c(=NC(=O)C2=COCCO2)sc2cc(C)c(C)cc21. The molecular formula is C17H18N2O3S. The molecule has 2 heterocycles. The van der Waals surface area contributed by atoms with Gasteiger partial charge in [-0.3, -0.25) is 4.79 Å². The summed E-state index contributed by atoms with van der Waals surface area (Å²) in [5.41, 5.74) is 3.48. The van der Waals surface area contributed by atoms with Crippen LogP contribution in [0, 0.1) is 13.8 Å². The standard InChI is InChI=1S/C17H18N2O3S/c1-4-5-19-13-8-11(2)12(3)9-15(13)23-17(19)18-16(20)14-10-21-6-7-22-14/h4,8-10H,1,5-7H2,2-3H3. The number of carbonyl (C=O) groups excluding carboxylic acids is 1. The Kier molecular flexibility index (Phi) is 4.34. The Morgan fingerprint density at radius 3 is 2.87 bits per heavy atom. The summed E-state index contributed by atoms with van der Waals surface area (Å²) in [5.74, 6) is -0.284. The Hall–Kier alpha value is -2.34. The van der Waals surface area contributed by atoms with Crippen LogP contribution in [0.4, 0.5) is 0 Å². The fraction of sp³-hybridized carbons (Fsp3) is 0.294. The summed E-state index contributed by atoms with van der Waals surface area (Å²) in [5, 5.41) is 0. The van der Waals surface area contributed by atoms with Crippen LogP contribution >= 0.6 is 11.3 Å². The van der Waals surface area contributed by atoms with Gasteiger partial charge < -0.3 is 14.0 Å². The van der Waals surface area contributed by atoms with Gasteiger partial charge in [-0.25, -0.2) is 0 Å². The highest BCUT2D eigenvalue weighted by molar-refractivity contribution is 7.16. The van der Waals surface area contributed by atoms with Gasteiger partial charge in [-0.2, -0.15) is 4.99 Å². The Bertz CT molecular complexity index is 874. The minimum absolute atomic E-state index is 0.145. The zero-order valence-corrected chi connectivity index (χ0v) is 14.0. The molecule has 0 atom stereocenters. The molecule has 1 aromatic heterocycles. The van der Waals surface area contributed by atoms with Crippen LogP contribution in [0.15, 0.2) is 41.8 Å². The third kappa shape index (κ3) is 3.07. The van der Waals surface area contributed by atoms with E-state index in [1.807, 2.05) is 4.57 Å². The van der Waals surface area contributed by atoms with Gasteiger partial charge >= 0.3 is 5.91 Å². The van der Waals surface area contributed by atoms with Crippen LogP contribution in [0.3, 0.4) is 0 Å². The number of ether oxygens (including phenoxy) is 2. The highest BCUT2D eigenvalue weighted by Crippen LogP contribution is 2.22. The molecule has 3 rings (SSSR count). The molecule has 1 aromatic carbocycles. The smallest absolute Gasteiger partial charge is 0.317 e. The van der Waals surface area contributed by atoms with E-state index in [1.54, 1.807) is 6.08 Å². The highest BCUT2D eigenvalue weighted by atomic mass is 32.1. The van der Waals surface area contributed by atoms with Crippen molar-refractivity contribution in [1.82, 2.24) is 4.57 Å². The molecule has 5 nitrogen and oxygen atoms in total. The molecule has 0 bridgehead atoms. The quantitative estimate of drug-likeness (QED) is 0.813. The molecule has 6 heteroatoms. The Morgan fingerprint density at radius 2 is 2.17 bits per heavy atom. The van der Waals surface area contributed by atoms with E-state index >= 15 is 0 Å². The maximum atomic E-state index is 12.3. The minimum atomic E-state index is -0.428. The van der Waals surface area contributed by atoms with E-state index in [0.717, 1.165) is 10.2 Å². The van der Waals surface area contributed by atoms with Gasteiger partial charge in [-0.15, -0.1) is 6.58 Å². The first kappa shape index (κ1) is 15.6. The summed E-state index contributed by atoms with van der Waals surface area (Å²) in [6.45, 7) is 9.35. The molecule has 0 saturated heterocycles. The number of carbonyl (C=O) groups is 1. The Labute approximate surface area is 138 Å². The zero-order valence-electron chi connectivity index (χ0n) is 13.2. The van der Waals surface area contributed by atoms with Crippen molar-refractivity contribution in [2.45, 2.75) is 20.4 Å². The largest absolute Gasteiger partial charge is 0.494 e. The van der Waals surface area contributed by atoms with Crippen LogP contribution in [0.1, 0.15) is 11.1 Å². The van der Waals surface area contributed by atoms with Crippen LogP contribution in [-0.4, -0.2) is 23.7 Å². The number of rotatable bonds is 3. The lowest BCUT2D eigenvalue weighted by Crippen LogP contribution is -2.19. The Balaban J connectivity index is 2.13. The van der Waals surface area contributed by atoms with E-state index in [9.17, 15) is 4.79 Å². The van der Waals surface area contributed by atoms with Crippen molar-refractivity contribution in [3.8, 4) is 0 Å². The van der Waals surface area contributed by atoms with Crippen molar-refractivity contribution >= 4 is 27.5 Å². The number of hydrogen-bond donors (Lipinski definition) is 0. The molecule has 0 radical (unpaired) electrons. The normalized spacial score (nSPS) is 15.0. The number of amides is 1. The third-order valence-electron chi connectivity index (χ3n) is 3.67. The summed E-state index contributed by atoms with van der Waals surface area (Å²) in [7, 11) is 0. The molecule has 23 heavy (non-hydrogen) atoms. The first-order valence-corrected chi connectivity index (χ1v) is 8.17. The van der Waals surface area contributed by atoms with Crippen molar-refractivity contribution in [3.05, 3.63) is 52.7 Å². The number of hydrogen-bond acceptors (Lipinski definition) is 4. The number of aromatic nitrogens is 1. The van der Waals surface area contributed by atoms with Crippen LogP contribution in [-0.2, 0) is 20.8 Å². The molecule has 2 aromatic rings. The lowest BCUT2D eigenvalue weighted by Gasteiger charge is -2.12. The van der Waals surface area contributed by atoms with Gasteiger partial charge in [0.2, 0.25) is 5.76 Å². The summed E-state index contributed by atoms with van der Waals surface area (Å²) in [4.78, 5) is 17.1. The zero-order chi connectivity index (χ0) is 16.4. The molecule has 1 aliphatic rings. The molecule has 0 spiro atoms. The minimum Gasteiger partial charge on any atom is -0.494 e. The average molecular weight is 330 g/mol. The molecule has 0 fully saturated rings. The predicted molar refractivity (Wildman–Crippen MR) is 90.0 cm³/mol. The predicted octanol–water partition coefficient (Wildman–Crippen LogP) is 2.82. The summed E-state index contributed by atoms with van der Waals surface area (Å²) in [6, 6.07) is 4.24. The van der Waals surface area contributed by atoms with Gasteiger partial charge in [0, 0.05) is 6.54 Å². The number of benzene rings is 1. The third-order valence-corrected chi connectivity index (χ3v) is 4.71. The van der Waals surface area contributed by atoms with Gasteiger partial charge in [0.25, 0.3) is 0 Å². The molecule has 1 aliphatic heterocycles. The molecular weight excluding hydrogens is 312 g/mol. The summed E-state index contributed by atoms with van der Waals surface area (Å²) < 4.78 is 13.5. The van der Waals surface area contributed by atoms with Crippen LogP contribution in [0.5, 0.6) is 0 Å². The van der Waals surface area contributed by atoms with E-state index in [1.165, 1.54) is 28.7 Å². The lowest BCUT2D eigenvalue weighted by molar-refractivity contribution is -0.119. The van der Waals surface area contributed by atoms with Gasteiger partial charge in [0.1, 0.15) is 19.5 Å². The monoisotopic (exact) mass is 330 g/mol. The topological polar surface area (TPSA) is 52.8 Å². The fourth-order valence-corrected chi connectivity index (χ4v) is 3.45. The van der Waals surface area contributed by atoms with E-state index < -0.39 is 5.91 Å². The molecule has 0 aliphatic carbocycles. The van der Waals surface area contributed by atoms with E-state index in [-0.39, 0.29) is 5.76 Å². The van der Waals surface area contributed by atoms with Crippen LogP contribution in [0.25, 0.3) is 10.2 Å². The van der Waals surface area contributed by atoms with Crippen LogP contribution < -0.4 is 4.80 Å².